The number of rotatable bonds is 0. The highest BCUT2D eigenvalue weighted by Crippen LogP contribution is 2.22. The Morgan fingerprint density at radius 3 is 2.40 bits per heavy atom. The van der Waals surface area contributed by atoms with E-state index in [0.29, 0.717) is 0 Å². The van der Waals surface area contributed by atoms with Crippen molar-refractivity contribution in [3.63, 3.8) is 0 Å². The topological polar surface area (TPSA) is 20.2 Å². The van der Waals surface area contributed by atoms with Crippen LogP contribution in [-0.4, -0.2) is 5.11 Å². The van der Waals surface area contributed by atoms with Gasteiger partial charge in [0, 0.05) is 0 Å². The molecule has 1 nitrogen and oxygen atoms in total. The van der Waals surface area contributed by atoms with E-state index in [-0.39, 0.29) is 3.57 Å². The molecule has 0 aliphatic rings. The lowest BCUT2D eigenvalue weighted by Gasteiger charge is -1.97. The molecule has 0 saturated heterocycles. The number of phenolic OH excluding ortho intramolecular Hbond substituents is 1. The van der Waals surface area contributed by atoms with Crippen molar-refractivity contribution in [1.82, 2.24) is 0 Å². The summed E-state index contributed by atoms with van der Waals surface area (Å²) in [7, 11) is 0. The molecule has 1 rings (SSSR count). The van der Waals surface area contributed by atoms with Crippen molar-refractivity contribution in [2.75, 3.05) is 0 Å². The van der Waals surface area contributed by atoms with E-state index in [2.05, 4.69) is 0 Å². The summed E-state index contributed by atoms with van der Waals surface area (Å²) >= 11 is 1.48. The first kappa shape index (κ1) is 7.71. The Bertz CT molecular complexity index is 235. The number of phenols is 1. The molecule has 0 amide bonds. The van der Waals surface area contributed by atoms with Crippen molar-refractivity contribution >= 4 is 22.6 Å². The minimum Gasteiger partial charge on any atom is -0.505 e. The van der Waals surface area contributed by atoms with Crippen molar-refractivity contribution in [1.29, 1.82) is 0 Å². The van der Waals surface area contributed by atoms with Gasteiger partial charge in [-0.1, -0.05) is 0 Å². The molecule has 4 heteroatoms. The predicted molar refractivity (Wildman–Crippen MR) is 40.7 cm³/mol. The molecule has 10 heavy (non-hydrogen) atoms. The molecule has 1 aromatic carbocycles. The summed E-state index contributed by atoms with van der Waals surface area (Å²) in [6, 6.07) is 1.99. The summed E-state index contributed by atoms with van der Waals surface area (Å²) in [6.45, 7) is 0. The smallest absolute Gasteiger partial charge is 0.181 e. The third kappa shape index (κ3) is 1.21. The van der Waals surface area contributed by atoms with Gasteiger partial charge < -0.3 is 5.11 Å². The average Bonchev–Trinajstić information content (AvgIpc) is 1.93. The molecule has 0 spiro atoms. The summed E-state index contributed by atoms with van der Waals surface area (Å²) in [5, 5.41) is 8.68. The van der Waals surface area contributed by atoms with Crippen LogP contribution in [-0.2, 0) is 0 Å². The fourth-order valence-electron chi connectivity index (χ4n) is 0.516. The molecule has 0 aliphatic heterocycles. The number of aromatic hydroxyl groups is 1. The highest BCUT2D eigenvalue weighted by atomic mass is 127. The molecular formula is C6H3F2IO. The van der Waals surface area contributed by atoms with Crippen molar-refractivity contribution in [3.05, 3.63) is 27.3 Å². The molecule has 1 N–H and O–H groups in total. The molecule has 0 fully saturated rings. The SMILES string of the molecule is Oc1ccc(F)c(I)c1F. The van der Waals surface area contributed by atoms with Crippen LogP contribution in [0.15, 0.2) is 12.1 Å². The van der Waals surface area contributed by atoms with E-state index >= 15 is 0 Å². The Morgan fingerprint density at radius 2 is 1.90 bits per heavy atom. The largest absolute Gasteiger partial charge is 0.505 e. The second-order valence-corrected chi connectivity index (χ2v) is 2.77. The predicted octanol–water partition coefficient (Wildman–Crippen LogP) is 2.28. The van der Waals surface area contributed by atoms with Crippen LogP contribution in [0.1, 0.15) is 0 Å². The van der Waals surface area contributed by atoms with Crippen LogP contribution in [0.4, 0.5) is 8.78 Å². The first-order valence-electron chi connectivity index (χ1n) is 2.45. The minimum absolute atomic E-state index is 0.183. The maximum atomic E-state index is 12.5. The summed E-state index contributed by atoms with van der Waals surface area (Å²) in [5.74, 6) is -2.08. The Balaban J connectivity index is 3.34. The Kier molecular flexibility index (Phi) is 2.08. The molecule has 0 unspecified atom stereocenters. The summed E-state index contributed by atoms with van der Waals surface area (Å²) in [5.41, 5.74) is 0. The van der Waals surface area contributed by atoms with E-state index in [1.807, 2.05) is 0 Å². The average molecular weight is 256 g/mol. The molecule has 1 aromatic rings. The van der Waals surface area contributed by atoms with Gasteiger partial charge in [0.1, 0.15) is 5.82 Å². The second-order valence-electron chi connectivity index (χ2n) is 1.69. The van der Waals surface area contributed by atoms with E-state index in [1.165, 1.54) is 22.6 Å². The van der Waals surface area contributed by atoms with Crippen LogP contribution in [0.25, 0.3) is 0 Å². The van der Waals surface area contributed by atoms with Crippen LogP contribution in [0.3, 0.4) is 0 Å². The molecular weight excluding hydrogens is 253 g/mol. The van der Waals surface area contributed by atoms with Gasteiger partial charge in [-0.25, -0.2) is 8.78 Å². The van der Waals surface area contributed by atoms with Gasteiger partial charge in [-0.3, -0.25) is 0 Å². The monoisotopic (exact) mass is 256 g/mol. The molecule has 54 valence electrons. The first-order chi connectivity index (χ1) is 4.63. The second kappa shape index (κ2) is 2.69. The van der Waals surface area contributed by atoms with Gasteiger partial charge in [-0.05, 0) is 34.7 Å². The van der Waals surface area contributed by atoms with E-state index in [9.17, 15) is 8.78 Å². The number of halogens is 3. The van der Waals surface area contributed by atoms with Crippen molar-refractivity contribution in [2.24, 2.45) is 0 Å². The highest BCUT2D eigenvalue weighted by molar-refractivity contribution is 14.1. The van der Waals surface area contributed by atoms with E-state index < -0.39 is 17.4 Å². The summed E-state index contributed by atoms with van der Waals surface area (Å²) < 4.78 is 24.7. The van der Waals surface area contributed by atoms with Crippen molar-refractivity contribution in [2.45, 2.75) is 0 Å². The maximum absolute atomic E-state index is 12.5. The Labute approximate surface area is 69.8 Å². The van der Waals surface area contributed by atoms with Gasteiger partial charge in [0.2, 0.25) is 0 Å². The summed E-state index contributed by atoms with van der Waals surface area (Å²) in [4.78, 5) is 0. The fourth-order valence-corrected chi connectivity index (χ4v) is 0.972. The zero-order valence-corrected chi connectivity index (χ0v) is 6.89. The van der Waals surface area contributed by atoms with Gasteiger partial charge >= 0.3 is 0 Å². The van der Waals surface area contributed by atoms with Gasteiger partial charge in [0.25, 0.3) is 0 Å². The summed E-state index contributed by atoms with van der Waals surface area (Å²) in [6.07, 6.45) is 0. The van der Waals surface area contributed by atoms with Crippen LogP contribution >= 0.6 is 22.6 Å². The Hall–Kier alpha value is -0.390. The van der Waals surface area contributed by atoms with Gasteiger partial charge in [0.15, 0.2) is 11.6 Å². The molecule has 0 radical (unpaired) electrons. The normalized spacial score (nSPS) is 9.90. The lowest BCUT2D eigenvalue weighted by atomic mass is 10.3. The Morgan fingerprint density at radius 1 is 1.30 bits per heavy atom. The third-order valence-electron chi connectivity index (χ3n) is 1.01. The van der Waals surface area contributed by atoms with Crippen molar-refractivity contribution in [3.8, 4) is 5.75 Å². The molecule has 0 atom stereocenters. The molecule has 0 aliphatic carbocycles. The zero-order valence-electron chi connectivity index (χ0n) is 4.74. The number of hydrogen-bond donors (Lipinski definition) is 1. The number of hydrogen-bond acceptors (Lipinski definition) is 1. The molecule has 0 bridgehead atoms. The molecule has 0 saturated carbocycles. The molecule has 0 aromatic heterocycles. The van der Waals surface area contributed by atoms with Crippen LogP contribution in [0.5, 0.6) is 5.75 Å². The highest BCUT2D eigenvalue weighted by Gasteiger charge is 2.08. The molecule has 0 heterocycles. The lowest BCUT2D eigenvalue weighted by molar-refractivity contribution is 0.424. The lowest BCUT2D eigenvalue weighted by Crippen LogP contribution is -1.86. The first-order valence-corrected chi connectivity index (χ1v) is 3.53. The van der Waals surface area contributed by atoms with Crippen molar-refractivity contribution < 1.29 is 13.9 Å². The van der Waals surface area contributed by atoms with Gasteiger partial charge in [0.05, 0.1) is 3.57 Å². The van der Waals surface area contributed by atoms with E-state index in [1.54, 1.807) is 0 Å². The number of benzene rings is 1. The standard InChI is InChI=1S/C6H3F2IO/c7-3-1-2-4(10)5(8)6(3)9/h1-2,10H. The van der Waals surface area contributed by atoms with Crippen LogP contribution in [0.2, 0.25) is 0 Å². The van der Waals surface area contributed by atoms with Crippen LogP contribution in [0, 0.1) is 15.2 Å². The third-order valence-corrected chi connectivity index (χ3v) is 2.00. The van der Waals surface area contributed by atoms with Crippen LogP contribution < -0.4 is 0 Å². The minimum atomic E-state index is -0.902. The van der Waals surface area contributed by atoms with Gasteiger partial charge in [-0.15, -0.1) is 0 Å². The van der Waals surface area contributed by atoms with Gasteiger partial charge in [-0.2, -0.15) is 0 Å². The van der Waals surface area contributed by atoms with E-state index in [0.717, 1.165) is 12.1 Å². The van der Waals surface area contributed by atoms with E-state index in [4.69, 9.17) is 5.11 Å². The zero-order chi connectivity index (χ0) is 7.72. The maximum Gasteiger partial charge on any atom is 0.181 e. The fraction of sp³-hybridized carbons (Fsp3) is 0. The quantitative estimate of drug-likeness (QED) is 0.557.